The van der Waals surface area contributed by atoms with Gasteiger partial charge in [0.25, 0.3) is 5.72 Å². The largest absolute Gasteiger partial charge is 0.427 e. The van der Waals surface area contributed by atoms with Crippen LogP contribution in [-0.2, 0) is 19.1 Å². The summed E-state index contributed by atoms with van der Waals surface area (Å²) in [6.07, 6.45) is 0. The number of carbonyl (C=O) groups excluding carboxylic acids is 3. The number of ether oxygens (including phenoxy) is 1. The van der Waals surface area contributed by atoms with Gasteiger partial charge in [0.2, 0.25) is 5.91 Å². The maximum absolute atomic E-state index is 11.3. The molecule has 0 aromatic carbocycles. The van der Waals surface area contributed by atoms with Crippen molar-refractivity contribution in [3.8, 4) is 0 Å². The number of rotatable bonds is 2. The van der Waals surface area contributed by atoms with Gasteiger partial charge in [0.05, 0.1) is 0 Å². The van der Waals surface area contributed by atoms with E-state index in [0.29, 0.717) is 0 Å². The molecule has 1 aliphatic rings. The lowest BCUT2D eigenvalue weighted by Gasteiger charge is -2.43. The fourth-order valence-corrected chi connectivity index (χ4v) is 1.47. The van der Waals surface area contributed by atoms with E-state index in [4.69, 9.17) is 16.5 Å². The molecule has 1 fully saturated rings. The number of hydrogen-bond acceptors (Lipinski definition) is 4. The molecule has 7 heteroatoms. The summed E-state index contributed by atoms with van der Waals surface area (Å²) < 4.78 is 5.55. The van der Waals surface area contributed by atoms with Crippen molar-refractivity contribution in [1.82, 2.24) is 9.74 Å². The van der Waals surface area contributed by atoms with E-state index in [1.54, 1.807) is 0 Å². The summed E-state index contributed by atoms with van der Waals surface area (Å²) >= 11 is 5.39. The fourth-order valence-electron chi connectivity index (χ4n) is 1.16. The third kappa shape index (κ3) is 1.79. The van der Waals surface area contributed by atoms with E-state index in [2.05, 4.69) is 5.32 Å². The molecule has 0 aromatic heterocycles. The quantitative estimate of drug-likeness (QED) is 0.291. The Morgan fingerprint density at radius 1 is 1.57 bits per heavy atom. The van der Waals surface area contributed by atoms with Crippen molar-refractivity contribution in [3.05, 3.63) is 0 Å². The Morgan fingerprint density at radius 2 is 2.14 bits per heavy atom. The number of esters is 1. The van der Waals surface area contributed by atoms with E-state index >= 15 is 0 Å². The average Bonchev–Trinajstić information content (AvgIpc) is 2.01. The SMILES string of the molecule is CC(=O)NC1(OC(C)=O)CN(Cl)C1=O. The predicted octanol–water partition coefficient (Wildman–Crippen LogP) is -0.622. The van der Waals surface area contributed by atoms with Gasteiger partial charge in [-0.25, -0.2) is 4.42 Å². The number of nitrogens with one attached hydrogen (secondary N) is 1. The van der Waals surface area contributed by atoms with Crippen molar-refractivity contribution in [2.24, 2.45) is 0 Å². The Bertz CT molecular complexity index is 288. The molecule has 2 amide bonds. The molecule has 1 unspecified atom stereocenters. The van der Waals surface area contributed by atoms with Crippen LogP contribution in [-0.4, -0.2) is 34.5 Å². The summed E-state index contributed by atoms with van der Waals surface area (Å²) in [6, 6.07) is 0. The van der Waals surface area contributed by atoms with E-state index < -0.39 is 23.5 Å². The van der Waals surface area contributed by atoms with Crippen molar-refractivity contribution in [3.63, 3.8) is 0 Å². The molecule has 78 valence electrons. The zero-order chi connectivity index (χ0) is 10.9. The molecule has 0 aromatic rings. The first-order valence-electron chi connectivity index (χ1n) is 3.83. The number of amides is 2. The highest BCUT2D eigenvalue weighted by Gasteiger charge is 2.56. The van der Waals surface area contributed by atoms with Gasteiger partial charge in [0.1, 0.15) is 6.54 Å². The van der Waals surface area contributed by atoms with Gasteiger partial charge in [-0.3, -0.25) is 14.4 Å². The maximum atomic E-state index is 11.3. The topological polar surface area (TPSA) is 75.7 Å². The molecule has 14 heavy (non-hydrogen) atoms. The zero-order valence-corrected chi connectivity index (χ0v) is 8.42. The van der Waals surface area contributed by atoms with Crippen molar-refractivity contribution in [2.45, 2.75) is 19.6 Å². The van der Waals surface area contributed by atoms with Gasteiger partial charge in [-0.1, -0.05) is 0 Å². The number of carbonyl (C=O) groups is 3. The number of halogens is 1. The second-order valence-electron chi connectivity index (χ2n) is 2.93. The number of β-lactam (4-membered cyclic amide) rings is 1. The lowest BCUT2D eigenvalue weighted by molar-refractivity contribution is -0.191. The lowest BCUT2D eigenvalue weighted by Crippen LogP contribution is -2.73. The van der Waals surface area contributed by atoms with E-state index in [9.17, 15) is 14.4 Å². The molecular formula is C7H9ClN2O4. The highest BCUT2D eigenvalue weighted by molar-refractivity contribution is 6.25. The minimum atomic E-state index is -1.60. The van der Waals surface area contributed by atoms with Crippen LogP contribution < -0.4 is 5.32 Å². The Morgan fingerprint density at radius 3 is 2.43 bits per heavy atom. The first kappa shape index (κ1) is 10.8. The minimum absolute atomic E-state index is 0.0491. The van der Waals surface area contributed by atoms with Crippen LogP contribution in [0, 0.1) is 0 Å². The van der Waals surface area contributed by atoms with Gasteiger partial charge in [0.15, 0.2) is 0 Å². The van der Waals surface area contributed by atoms with Crippen LogP contribution in [0.2, 0.25) is 0 Å². The molecule has 1 aliphatic heterocycles. The summed E-state index contributed by atoms with van der Waals surface area (Å²) in [5.74, 6) is -1.77. The summed E-state index contributed by atoms with van der Waals surface area (Å²) in [5, 5.41) is 2.25. The molecule has 1 N–H and O–H groups in total. The fraction of sp³-hybridized carbons (Fsp3) is 0.571. The Balaban J connectivity index is 2.77. The van der Waals surface area contributed by atoms with Gasteiger partial charge in [-0.2, -0.15) is 0 Å². The number of hydrogen-bond donors (Lipinski definition) is 1. The van der Waals surface area contributed by atoms with Crippen LogP contribution in [0.5, 0.6) is 0 Å². The molecule has 1 rings (SSSR count). The summed E-state index contributed by atoms with van der Waals surface area (Å²) in [5.41, 5.74) is -1.60. The third-order valence-electron chi connectivity index (χ3n) is 1.62. The number of nitrogens with zero attached hydrogens (tertiary/aromatic N) is 1. The molecule has 0 saturated carbocycles. The molecule has 0 bridgehead atoms. The second-order valence-corrected chi connectivity index (χ2v) is 3.34. The molecule has 6 nitrogen and oxygen atoms in total. The van der Waals surface area contributed by atoms with Crippen LogP contribution in [0.3, 0.4) is 0 Å². The second kappa shape index (κ2) is 3.45. The van der Waals surface area contributed by atoms with Crippen LogP contribution in [0.1, 0.15) is 13.8 Å². The van der Waals surface area contributed by atoms with E-state index in [0.717, 1.165) is 11.3 Å². The van der Waals surface area contributed by atoms with Crippen molar-refractivity contribution >= 4 is 29.6 Å². The normalized spacial score (nSPS) is 25.4. The highest BCUT2D eigenvalue weighted by Crippen LogP contribution is 2.26. The Hall–Kier alpha value is -1.30. The van der Waals surface area contributed by atoms with E-state index in [1.807, 2.05) is 0 Å². The standard InChI is InChI=1S/C7H9ClN2O4/c1-4(11)9-7(14-5(2)12)3-10(8)6(7)13/h3H2,1-2H3,(H,9,11). The third-order valence-corrected chi connectivity index (χ3v) is 1.90. The van der Waals surface area contributed by atoms with E-state index in [-0.39, 0.29) is 6.54 Å². The highest BCUT2D eigenvalue weighted by atomic mass is 35.5. The van der Waals surface area contributed by atoms with E-state index in [1.165, 1.54) is 6.92 Å². The summed E-state index contributed by atoms with van der Waals surface area (Å²) in [6.45, 7) is 2.32. The molecular weight excluding hydrogens is 212 g/mol. The van der Waals surface area contributed by atoms with Gasteiger partial charge < -0.3 is 10.1 Å². The van der Waals surface area contributed by atoms with Gasteiger partial charge >= 0.3 is 11.9 Å². The van der Waals surface area contributed by atoms with Crippen LogP contribution in [0.25, 0.3) is 0 Å². The van der Waals surface area contributed by atoms with Crippen molar-refractivity contribution in [1.29, 1.82) is 0 Å². The van der Waals surface area contributed by atoms with Crippen LogP contribution in [0.4, 0.5) is 0 Å². The molecule has 0 aliphatic carbocycles. The Labute approximate surface area is 85.2 Å². The first-order valence-corrected chi connectivity index (χ1v) is 4.17. The summed E-state index contributed by atoms with van der Waals surface area (Å²) in [7, 11) is 0. The maximum Gasteiger partial charge on any atom is 0.305 e. The average molecular weight is 221 g/mol. The lowest BCUT2D eigenvalue weighted by atomic mass is 10.1. The molecule has 0 spiro atoms. The summed E-state index contributed by atoms with van der Waals surface area (Å²) in [4.78, 5) is 32.7. The van der Waals surface area contributed by atoms with Crippen LogP contribution >= 0.6 is 11.8 Å². The molecule has 0 radical (unpaired) electrons. The van der Waals surface area contributed by atoms with Gasteiger partial charge in [0, 0.05) is 25.6 Å². The predicted molar refractivity (Wildman–Crippen MR) is 45.9 cm³/mol. The molecule has 1 atom stereocenters. The first-order chi connectivity index (χ1) is 6.37. The van der Waals surface area contributed by atoms with Crippen molar-refractivity contribution < 1.29 is 19.1 Å². The zero-order valence-electron chi connectivity index (χ0n) is 7.67. The molecule has 1 saturated heterocycles. The van der Waals surface area contributed by atoms with Gasteiger partial charge in [-0.15, -0.1) is 0 Å². The smallest absolute Gasteiger partial charge is 0.305 e. The molecule has 1 heterocycles. The van der Waals surface area contributed by atoms with Crippen molar-refractivity contribution in [2.75, 3.05) is 6.54 Å². The van der Waals surface area contributed by atoms with Gasteiger partial charge in [-0.05, 0) is 0 Å². The Kier molecular flexibility index (Phi) is 2.66. The van der Waals surface area contributed by atoms with Crippen LogP contribution in [0.15, 0.2) is 0 Å². The monoisotopic (exact) mass is 220 g/mol. The minimum Gasteiger partial charge on any atom is -0.427 e.